The fraction of sp³-hybridized carbons (Fsp3) is 0.259. The molecule has 0 saturated heterocycles. The number of rotatable bonds is 12. The molecule has 3 rings (SSSR count). The number of nitrogens with one attached hydrogen (secondary N) is 1. The molecule has 0 bridgehead atoms. The lowest BCUT2D eigenvalue weighted by molar-refractivity contribution is -0.127. The smallest absolute Gasteiger partial charge is 0.280 e. The molecule has 0 saturated carbocycles. The Kier molecular flexibility index (Phi) is 9.33. The van der Waals surface area contributed by atoms with Crippen molar-refractivity contribution in [3.8, 4) is 23.0 Å². The van der Waals surface area contributed by atoms with Gasteiger partial charge in [0.1, 0.15) is 23.0 Å². The van der Waals surface area contributed by atoms with Gasteiger partial charge in [0, 0.05) is 0 Å². The summed E-state index contributed by atoms with van der Waals surface area (Å²) in [7, 11) is 0. The van der Waals surface area contributed by atoms with E-state index in [1.807, 2.05) is 66.7 Å². The number of hydrogen-bond donors (Lipinski definition) is 1. The number of nitrogens with zero attached hydrogens (tertiary/aromatic N) is 1. The molecule has 172 valence electrons. The van der Waals surface area contributed by atoms with Gasteiger partial charge in [0.15, 0.2) is 6.10 Å². The zero-order chi connectivity index (χ0) is 23.3. The van der Waals surface area contributed by atoms with Gasteiger partial charge in [0.25, 0.3) is 5.91 Å². The molecule has 0 aliphatic heterocycles. The molecule has 0 aromatic heterocycles. The van der Waals surface area contributed by atoms with Gasteiger partial charge in [-0.1, -0.05) is 50.1 Å². The van der Waals surface area contributed by atoms with Crippen molar-refractivity contribution >= 4 is 12.1 Å². The van der Waals surface area contributed by atoms with E-state index in [2.05, 4.69) is 17.5 Å². The number of para-hydroxylation sites is 1. The molecule has 1 atom stereocenters. The predicted octanol–water partition coefficient (Wildman–Crippen LogP) is 5.97. The molecule has 3 aromatic rings. The first-order valence-corrected chi connectivity index (χ1v) is 11.2. The molecular formula is C27H30N2O4. The van der Waals surface area contributed by atoms with Gasteiger partial charge < -0.3 is 14.2 Å². The van der Waals surface area contributed by atoms with Crippen molar-refractivity contribution in [1.82, 2.24) is 5.43 Å². The van der Waals surface area contributed by atoms with E-state index in [9.17, 15) is 4.79 Å². The van der Waals surface area contributed by atoms with E-state index in [0.29, 0.717) is 18.1 Å². The van der Waals surface area contributed by atoms with Crippen molar-refractivity contribution in [2.24, 2.45) is 5.10 Å². The second kappa shape index (κ2) is 12.9. The molecule has 0 radical (unpaired) electrons. The summed E-state index contributed by atoms with van der Waals surface area (Å²) < 4.78 is 17.2. The summed E-state index contributed by atoms with van der Waals surface area (Å²) in [5, 5.41) is 4.04. The Bertz CT molecular complexity index is 1020. The molecule has 0 spiro atoms. The fourth-order valence-electron chi connectivity index (χ4n) is 2.96. The highest BCUT2D eigenvalue weighted by Gasteiger charge is 2.14. The van der Waals surface area contributed by atoms with Crippen molar-refractivity contribution in [1.29, 1.82) is 0 Å². The lowest BCUT2D eigenvalue weighted by Gasteiger charge is -2.13. The molecule has 0 unspecified atom stereocenters. The lowest BCUT2D eigenvalue weighted by atomic mass is 10.2. The largest absolute Gasteiger partial charge is 0.494 e. The zero-order valence-electron chi connectivity index (χ0n) is 19.1. The maximum absolute atomic E-state index is 12.3. The van der Waals surface area contributed by atoms with Gasteiger partial charge in [0.2, 0.25) is 0 Å². The van der Waals surface area contributed by atoms with Crippen molar-refractivity contribution in [3.05, 3.63) is 84.4 Å². The summed E-state index contributed by atoms with van der Waals surface area (Å²) >= 11 is 0. The van der Waals surface area contributed by atoms with E-state index in [4.69, 9.17) is 14.2 Å². The molecule has 3 aromatic carbocycles. The van der Waals surface area contributed by atoms with Crippen LogP contribution in [0.3, 0.4) is 0 Å². The van der Waals surface area contributed by atoms with Gasteiger partial charge in [0.05, 0.1) is 12.8 Å². The Morgan fingerprint density at radius 2 is 1.64 bits per heavy atom. The lowest BCUT2D eigenvalue weighted by Crippen LogP contribution is -2.33. The maximum Gasteiger partial charge on any atom is 0.280 e. The van der Waals surface area contributed by atoms with E-state index in [-0.39, 0.29) is 5.91 Å². The number of benzene rings is 3. The van der Waals surface area contributed by atoms with Crippen LogP contribution in [0.5, 0.6) is 23.0 Å². The number of amides is 1. The third kappa shape index (κ3) is 8.33. The molecule has 33 heavy (non-hydrogen) atoms. The Labute approximate surface area is 195 Å². The molecule has 0 fully saturated rings. The molecule has 1 amide bonds. The van der Waals surface area contributed by atoms with Crippen LogP contribution >= 0.6 is 0 Å². The number of unbranched alkanes of at least 4 members (excludes halogenated alkanes) is 2. The fourth-order valence-corrected chi connectivity index (χ4v) is 2.96. The molecular weight excluding hydrogens is 416 g/mol. The summed E-state index contributed by atoms with van der Waals surface area (Å²) in [6, 6.07) is 24.2. The third-order valence-electron chi connectivity index (χ3n) is 4.75. The Morgan fingerprint density at radius 1 is 0.909 bits per heavy atom. The standard InChI is InChI=1S/C27H30N2O4/c1-3-4-8-18-31-23-14-16-25(17-15-23)32-21(2)27(30)29-28-20-22-10-9-13-26(19-22)33-24-11-6-5-7-12-24/h5-7,9-17,19-21H,3-4,8,18H2,1-2H3,(H,29,30)/b28-20-/t21-/m1/s1. The average molecular weight is 447 g/mol. The highest BCUT2D eigenvalue weighted by atomic mass is 16.5. The van der Waals surface area contributed by atoms with Gasteiger partial charge in [-0.3, -0.25) is 4.79 Å². The molecule has 6 heteroatoms. The van der Waals surface area contributed by atoms with Crippen LogP contribution in [-0.4, -0.2) is 24.8 Å². The average Bonchev–Trinajstić information content (AvgIpc) is 2.84. The van der Waals surface area contributed by atoms with Gasteiger partial charge in [-0.15, -0.1) is 0 Å². The SMILES string of the molecule is CCCCCOc1ccc(O[C@H](C)C(=O)N/N=C\c2cccc(Oc3ccccc3)c2)cc1. The Hall–Kier alpha value is -3.80. The van der Waals surface area contributed by atoms with E-state index >= 15 is 0 Å². The van der Waals surface area contributed by atoms with E-state index in [1.165, 1.54) is 0 Å². The summed E-state index contributed by atoms with van der Waals surface area (Å²) in [5.41, 5.74) is 3.31. The second-order valence-corrected chi connectivity index (χ2v) is 7.51. The number of hydrazone groups is 1. The van der Waals surface area contributed by atoms with Gasteiger partial charge in [-0.25, -0.2) is 5.43 Å². The molecule has 1 N–H and O–H groups in total. The topological polar surface area (TPSA) is 69.2 Å². The van der Waals surface area contributed by atoms with Crippen LogP contribution in [0.2, 0.25) is 0 Å². The van der Waals surface area contributed by atoms with Gasteiger partial charge in [-0.2, -0.15) is 5.10 Å². The highest BCUT2D eigenvalue weighted by molar-refractivity contribution is 5.84. The van der Waals surface area contributed by atoms with Crippen LogP contribution in [0.25, 0.3) is 0 Å². The zero-order valence-corrected chi connectivity index (χ0v) is 19.1. The minimum Gasteiger partial charge on any atom is -0.494 e. The number of carbonyl (C=O) groups is 1. The van der Waals surface area contributed by atoms with E-state index in [1.54, 1.807) is 25.3 Å². The van der Waals surface area contributed by atoms with Crippen LogP contribution in [0.1, 0.15) is 38.7 Å². The summed E-state index contributed by atoms with van der Waals surface area (Å²) in [6.07, 6.45) is 4.22. The molecule has 6 nitrogen and oxygen atoms in total. The summed E-state index contributed by atoms with van der Waals surface area (Å²) in [6.45, 7) is 4.54. The molecule has 0 heterocycles. The second-order valence-electron chi connectivity index (χ2n) is 7.51. The minimum atomic E-state index is -0.703. The van der Waals surface area contributed by atoms with Crippen LogP contribution in [0.4, 0.5) is 0 Å². The van der Waals surface area contributed by atoms with Crippen molar-refractivity contribution in [2.75, 3.05) is 6.61 Å². The predicted molar refractivity (Wildman–Crippen MR) is 130 cm³/mol. The minimum absolute atomic E-state index is 0.345. The van der Waals surface area contributed by atoms with E-state index in [0.717, 1.165) is 36.3 Å². The van der Waals surface area contributed by atoms with Gasteiger partial charge in [-0.05, 0) is 67.4 Å². The Morgan fingerprint density at radius 3 is 2.39 bits per heavy atom. The first-order chi connectivity index (χ1) is 16.1. The normalized spacial score (nSPS) is 11.7. The number of hydrogen-bond acceptors (Lipinski definition) is 5. The molecule has 0 aliphatic carbocycles. The summed E-state index contributed by atoms with van der Waals surface area (Å²) in [4.78, 5) is 12.3. The maximum atomic E-state index is 12.3. The van der Waals surface area contributed by atoms with Crippen LogP contribution < -0.4 is 19.6 Å². The van der Waals surface area contributed by atoms with Crippen molar-refractivity contribution < 1.29 is 19.0 Å². The number of ether oxygens (including phenoxy) is 3. The van der Waals surface area contributed by atoms with E-state index < -0.39 is 6.10 Å². The first-order valence-electron chi connectivity index (χ1n) is 11.2. The van der Waals surface area contributed by atoms with Crippen molar-refractivity contribution in [3.63, 3.8) is 0 Å². The van der Waals surface area contributed by atoms with Crippen LogP contribution in [-0.2, 0) is 4.79 Å². The number of carbonyl (C=O) groups excluding carboxylic acids is 1. The van der Waals surface area contributed by atoms with Crippen LogP contribution in [0, 0.1) is 0 Å². The first kappa shape index (κ1) is 23.9. The summed E-state index contributed by atoms with van der Waals surface area (Å²) in [5.74, 6) is 2.47. The Balaban J connectivity index is 1.45. The monoisotopic (exact) mass is 446 g/mol. The third-order valence-corrected chi connectivity index (χ3v) is 4.75. The van der Waals surface area contributed by atoms with Crippen molar-refractivity contribution in [2.45, 2.75) is 39.2 Å². The highest BCUT2D eigenvalue weighted by Crippen LogP contribution is 2.21. The van der Waals surface area contributed by atoms with Gasteiger partial charge >= 0.3 is 0 Å². The van der Waals surface area contributed by atoms with Crippen LogP contribution in [0.15, 0.2) is 84.0 Å². The quantitative estimate of drug-likeness (QED) is 0.212. The molecule has 0 aliphatic rings.